The van der Waals surface area contributed by atoms with Crippen molar-refractivity contribution < 1.29 is 5.11 Å². The number of nitrogens with zero attached hydrogens (tertiary/aromatic N) is 4. The monoisotopic (exact) mass is 454 g/mol. The fourth-order valence-corrected chi connectivity index (χ4v) is 3.88. The fourth-order valence-electron chi connectivity index (χ4n) is 3.88. The normalized spacial score (nSPS) is 13.8. The first-order valence-corrected chi connectivity index (χ1v) is 10.9. The third-order valence-corrected chi connectivity index (χ3v) is 5.38. The molecule has 0 amide bonds. The van der Waals surface area contributed by atoms with Gasteiger partial charge >= 0.3 is 0 Å². The first-order valence-electron chi connectivity index (χ1n) is 10.9. The van der Waals surface area contributed by atoms with Gasteiger partial charge in [0.1, 0.15) is 5.75 Å². The summed E-state index contributed by atoms with van der Waals surface area (Å²) >= 11 is 0. The molecule has 1 saturated heterocycles. The minimum atomic E-state index is 0. The number of hydrogen-bond donors (Lipinski definition) is 3. The van der Waals surface area contributed by atoms with E-state index in [2.05, 4.69) is 52.6 Å². The zero-order valence-electron chi connectivity index (χ0n) is 18.6. The first-order chi connectivity index (χ1) is 15.0. The summed E-state index contributed by atoms with van der Waals surface area (Å²) < 4.78 is 0. The number of rotatable bonds is 6. The molecular weight excluding hydrogens is 424 g/mol. The van der Waals surface area contributed by atoms with E-state index in [-0.39, 0.29) is 18.2 Å². The summed E-state index contributed by atoms with van der Waals surface area (Å²) in [5.41, 5.74) is 4.39. The molecule has 1 fully saturated rings. The summed E-state index contributed by atoms with van der Waals surface area (Å²) in [5, 5.41) is 16.2. The Hall–Kier alpha value is -3.06. The van der Waals surface area contributed by atoms with Crippen LogP contribution in [0.15, 0.2) is 42.5 Å². The van der Waals surface area contributed by atoms with Gasteiger partial charge in [0.25, 0.3) is 0 Å². The Morgan fingerprint density at radius 1 is 0.844 bits per heavy atom. The van der Waals surface area contributed by atoms with Crippen LogP contribution >= 0.6 is 12.4 Å². The van der Waals surface area contributed by atoms with E-state index in [0.29, 0.717) is 24.4 Å². The average Bonchev–Trinajstić information content (AvgIpc) is 3.02. The van der Waals surface area contributed by atoms with Crippen molar-refractivity contribution >= 4 is 35.9 Å². The van der Waals surface area contributed by atoms with Crippen LogP contribution in [-0.2, 0) is 6.54 Å². The number of aryl methyl sites for hydroxylation is 2. The number of aromatic hydroxyl groups is 1. The molecule has 2 heterocycles. The Kier molecular flexibility index (Phi) is 8.11. The number of aromatic nitrogens is 3. The quantitative estimate of drug-likeness (QED) is 0.462. The van der Waals surface area contributed by atoms with E-state index in [1.165, 1.54) is 24.0 Å². The molecule has 7 nitrogen and oxygen atoms in total. The summed E-state index contributed by atoms with van der Waals surface area (Å²) in [4.78, 5) is 16.3. The maximum Gasteiger partial charge on any atom is 0.233 e. The molecule has 0 saturated carbocycles. The smallest absolute Gasteiger partial charge is 0.233 e. The van der Waals surface area contributed by atoms with Gasteiger partial charge in [-0.15, -0.1) is 12.4 Å². The van der Waals surface area contributed by atoms with Gasteiger partial charge in [0.2, 0.25) is 17.8 Å². The van der Waals surface area contributed by atoms with Crippen LogP contribution in [0.5, 0.6) is 5.75 Å². The highest BCUT2D eigenvalue weighted by Crippen LogP contribution is 2.22. The van der Waals surface area contributed by atoms with E-state index in [0.717, 1.165) is 37.2 Å². The van der Waals surface area contributed by atoms with Gasteiger partial charge in [0.05, 0.1) is 0 Å². The van der Waals surface area contributed by atoms with E-state index < -0.39 is 0 Å². The van der Waals surface area contributed by atoms with Gasteiger partial charge in [-0.05, 0) is 67.6 Å². The van der Waals surface area contributed by atoms with Crippen molar-refractivity contribution in [2.75, 3.05) is 28.6 Å². The second kappa shape index (κ2) is 11.0. The lowest BCUT2D eigenvalue weighted by Crippen LogP contribution is -2.27. The molecule has 3 N–H and O–H groups in total. The highest BCUT2D eigenvalue weighted by atomic mass is 35.5. The molecule has 2 aromatic carbocycles. The number of benzene rings is 2. The van der Waals surface area contributed by atoms with Gasteiger partial charge in [-0.25, -0.2) is 0 Å². The van der Waals surface area contributed by atoms with Crippen LogP contribution in [0.1, 0.15) is 42.4 Å². The van der Waals surface area contributed by atoms with E-state index in [9.17, 15) is 5.11 Å². The molecule has 0 aliphatic carbocycles. The molecule has 0 spiro atoms. The molecule has 0 radical (unpaired) electrons. The molecular formula is C24H31ClN6O. The Labute approximate surface area is 195 Å². The second-order valence-electron chi connectivity index (χ2n) is 8.21. The van der Waals surface area contributed by atoms with Crippen LogP contribution in [0.2, 0.25) is 0 Å². The Balaban J connectivity index is 0.00000289. The number of hydrogen-bond acceptors (Lipinski definition) is 7. The number of phenols is 1. The number of nitrogens with one attached hydrogen (secondary N) is 2. The Morgan fingerprint density at radius 2 is 1.47 bits per heavy atom. The van der Waals surface area contributed by atoms with Gasteiger partial charge in [0.15, 0.2) is 0 Å². The van der Waals surface area contributed by atoms with Crippen LogP contribution in [0.25, 0.3) is 0 Å². The maximum atomic E-state index is 9.49. The average molecular weight is 455 g/mol. The molecule has 1 aliphatic heterocycles. The number of phenolic OH excluding ortho intramolecular Hbond substituents is 1. The van der Waals surface area contributed by atoms with Gasteiger partial charge in [-0.3, -0.25) is 0 Å². The SMILES string of the molecule is Cc1cc(C)cc(Nc2nc(NCc3ccc(O)cc3)nc(N3CCCCCC3)n2)c1.Cl. The summed E-state index contributed by atoms with van der Waals surface area (Å²) in [7, 11) is 0. The van der Waals surface area contributed by atoms with Crippen molar-refractivity contribution in [3.05, 3.63) is 59.2 Å². The van der Waals surface area contributed by atoms with E-state index >= 15 is 0 Å². The minimum Gasteiger partial charge on any atom is -0.508 e. The summed E-state index contributed by atoms with van der Waals surface area (Å²) in [6.07, 6.45) is 4.81. The van der Waals surface area contributed by atoms with Crippen LogP contribution < -0.4 is 15.5 Å². The molecule has 170 valence electrons. The van der Waals surface area contributed by atoms with Crippen LogP contribution in [0.4, 0.5) is 23.5 Å². The van der Waals surface area contributed by atoms with Crippen LogP contribution in [0, 0.1) is 13.8 Å². The Morgan fingerprint density at radius 3 is 2.12 bits per heavy atom. The maximum absolute atomic E-state index is 9.49. The molecule has 0 unspecified atom stereocenters. The third-order valence-electron chi connectivity index (χ3n) is 5.38. The zero-order valence-corrected chi connectivity index (χ0v) is 19.5. The first kappa shape index (κ1) is 23.6. The number of halogens is 1. The van der Waals surface area contributed by atoms with Crippen molar-refractivity contribution in [2.24, 2.45) is 0 Å². The van der Waals surface area contributed by atoms with Crippen molar-refractivity contribution in [2.45, 2.75) is 46.1 Å². The fraction of sp³-hybridized carbons (Fsp3) is 0.375. The van der Waals surface area contributed by atoms with Crippen molar-refractivity contribution in [1.29, 1.82) is 0 Å². The van der Waals surface area contributed by atoms with E-state index in [4.69, 9.17) is 9.97 Å². The summed E-state index contributed by atoms with van der Waals surface area (Å²) in [6.45, 7) is 6.65. The molecule has 1 aromatic heterocycles. The molecule has 4 rings (SSSR count). The molecule has 8 heteroatoms. The lowest BCUT2D eigenvalue weighted by Gasteiger charge is -2.21. The summed E-state index contributed by atoms with van der Waals surface area (Å²) in [5.74, 6) is 2.03. The van der Waals surface area contributed by atoms with Gasteiger partial charge in [-0.1, -0.05) is 31.0 Å². The molecule has 32 heavy (non-hydrogen) atoms. The second-order valence-corrected chi connectivity index (χ2v) is 8.21. The zero-order chi connectivity index (χ0) is 21.6. The van der Waals surface area contributed by atoms with Crippen LogP contribution in [-0.4, -0.2) is 33.1 Å². The van der Waals surface area contributed by atoms with E-state index in [1.54, 1.807) is 12.1 Å². The van der Waals surface area contributed by atoms with Gasteiger partial charge < -0.3 is 20.6 Å². The molecule has 0 atom stereocenters. The predicted octanol–water partition coefficient (Wildman–Crippen LogP) is 5.35. The lowest BCUT2D eigenvalue weighted by molar-refractivity contribution is 0.475. The van der Waals surface area contributed by atoms with Crippen LogP contribution in [0.3, 0.4) is 0 Å². The van der Waals surface area contributed by atoms with Crippen molar-refractivity contribution in [3.63, 3.8) is 0 Å². The van der Waals surface area contributed by atoms with Gasteiger partial charge in [-0.2, -0.15) is 15.0 Å². The highest BCUT2D eigenvalue weighted by molar-refractivity contribution is 5.85. The standard InChI is InChI=1S/C24H30N6O.ClH/c1-17-13-18(2)15-20(14-17)26-23-27-22(25-16-19-7-9-21(31)10-8-19)28-24(29-23)30-11-5-3-4-6-12-30;/h7-10,13-15,31H,3-6,11-12,16H2,1-2H3,(H2,25,26,27,28,29);1H. The Bertz CT molecular complexity index is 999. The molecule has 3 aromatic rings. The van der Waals surface area contributed by atoms with Crippen molar-refractivity contribution in [3.8, 4) is 5.75 Å². The summed E-state index contributed by atoms with van der Waals surface area (Å²) in [6, 6.07) is 13.5. The largest absolute Gasteiger partial charge is 0.508 e. The topological polar surface area (TPSA) is 86.2 Å². The number of anilines is 4. The predicted molar refractivity (Wildman–Crippen MR) is 132 cm³/mol. The minimum absolute atomic E-state index is 0. The van der Waals surface area contributed by atoms with E-state index in [1.807, 2.05) is 12.1 Å². The highest BCUT2D eigenvalue weighted by Gasteiger charge is 2.16. The lowest BCUT2D eigenvalue weighted by atomic mass is 10.1. The van der Waals surface area contributed by atoms with Crippen molar-refractivity contribution in [1.82, 2.24) is 15.0 Å². The molecule has 0 bridgehead atoms. The third kappa shape index (κ3) is 6.47. The molecule has 1 aliphatic rings. The van der Waals surface area contributed by atoms with Gasteiger partial charge in [0, 0.05) is 25.3 Å².